The molecule has 2 amide bonds. The van der Waals surface area contributed by atoms with Crippen LogP contribution in [0.4, 0.5) is 0 Å². The summed E-state index contributed by atoms with van der Waals surface area (Å²) in [5.41, 5.74) is 2.72. The molecule has 0 aromatic heterocycles. The van der Waals surface area contributed by atoms with Gasteiger partial charge in [0.1, 0.15) is 6.54 Å². The number of nitrogens with one attached hydrogen (secondary N) is 1. The summed E-state index contributed by atoms with van der Waals surface area (Å²) >= 11 is 6.44. The van der Waals surface area contributed by atoms with Crippen molar-refractivity contribution in [2.24, 2.45) is 9.98 Å². The lowest BCUT2D eigenvalue weighted by molar-refractivity contribution is -0.138. The number of hydrogen-bond acceptors (Lipinski definition) is 4. The van der Waals surface area contributed by atoms with Gasteiger partial charge in [-0.2, -0.15) is 0 Å². The predicted octanol–water partition coefficient (Wildman–Crippen LogP) is 4.18. The molecule has 1 aromatic carbocycles. The molecule has 1 aromatic rings. The molecular formula is C27H36ClN5O3. The van der Waals surface area contributed by atoms with Crippen molar-refractivity contribution in [1.29, 1.82) is 0 Å². The Morgan fingerprint density at radius 1 is 1.19 bits per heavy atom. The number of rotatable bonds is 5. The summed E-state index contributed by atoms with van der Waals surface area (Å²) in [7, 11) is 0. The molecule has 1 N–H and O–H groups in total. The first kappa shape index (κ1) is 26.4. The minimum absolute atomic E-state index is 0.0127. The van der Waals surface area contributed by atoms with Crippen molar-refractivity contribution in [3.05, 3.63) is 39.9 Å². The number of hydrogen-bond donors (Lipinski definition) is 1. The number of piperidine rings is 1. The summed E-state index contributed by atoms with van der Waals surface area (Å²) in [6.07, 6.45) is 4.88. The first-order chi connectivity index (χ1) is 17.3. The van der Waals surface area contributed by atoms with E-state index in [1.807, 2.05) is 23.1 Å². The van der Waals surface area contributed by atoms with Gasteiger partial charge in [-0.25, -0.2) is 9.98 Å². The third kappa shape index (κ3) is 5.81. The van der Waals surface area contributed by atoms with E-state index in [0.29, 0.717) is 42.0 Å². The SMILES string of the molecule is C=N/C(=N\C(=C(/C)Cl)c1ccc2c(c1)C(=O)N(CC(=O)N1[C@H](C)CCC[C@@H]1C)C2)NC1CCOCC1. The lowest BCUT2D eigenvalue weighted by atomic mass is 9.97. The zero-order valence-corrected chi connectivity index (χ0v) is 22.2. The Kier molecular flexibility index (Phi) is 8.46. The molecule has 9 heteroatoms. The van der Waals surface area contributed by atoms with Crippen molar-refractivity contribution in [3.8, 4) is 0 Å². The third-order valence-electron chi connectivity index (χ3n) is 7.32. The van der Waals surface area contributed by atoms with Crippen LogP contribution in [-0.4, -0.2) is 72.2 Å². The third-order valence-corrected chi connectivity index (χ3v) is 7.50. The topological polar surface area (TPSA) is 86.6 Å². The Hall–Kier alpha value is -2.71. The Morgan fingerprint density at radius 2 is 1.89 bits per heavy atom. The summed E-state index contributed by atoms with van der Waals surface area (Å²) in [6.45, 7) is 11.5. The summed E-state index contributed by atoms with van der Waals surface area (Å²) in [4.78, 5) is 38.7. The molecule has 3 aliphatic rings. The van der Waals surface area contributed by atoms with E-state index in [4.69, 9.17) is 16.3 Å². The smallest absolute Gasteiger partial charge is 0.254 e. The van der Waals surface area contributed by atoms with Crippen molar-refractivity contribution in [3.63, 3.8) is 0 Å². The molecule has 8 nitrogen and oxygen atoms in total. The molecule has 3 aliphatic heterocycles. The minimum Gasteiger partial charge on any atom is -0.381 e. The van der Waals surface area contributed by atoms with Gasteiger partial charge in [-0.3, -0.25) is 9.59 Å². The van der Waals surface area contributed by atoms with Gasteiger partial charge < -0.3 is 19.9 Å². The maximum atomic E-state index is 13.3. The molecule has 36 heavy (non-hydrogen) atoms. The fraction of sp³-hybridized carbons (Fsp3) is 0.556. The zero-order valence-electron chi connectivity index (χ0n) is 21.4. The Morgan fingerprint density at radius 3 is 2.53 bits per heavy atom. The maximum Gasteiger partial charge on any atom is 0.254 e. The van der Waals surface area contributed by atoms with E-state index in [9.17, 15) is 9.59 Å². The fourth-order valence-electron chi connectivity index (χ4n) is 5.38. The van der Waals surface area contributed by atoms with Crippen LogP contribution in [0, 0.1) is 0 Å². The number of aliphatic imine (C=N–C) groups is 2. The molecule has 2 atom stereocenters. The van der Waals surface area contributed by atoms with Gasteiger partial charge >= 0.3 is 0 Å². The van der Waals surface area contributed by atoms with Crippen LogP contribution < -0.4 is 5.32 Å². The Balaban J connectivity index is 1.51. The molecule has 194 valence electrons. The van der Waals surface area contributed by atoms with Gasteiger partial charge in [-0.05, 0) is 71.2 Å². The second-order valence-corrected chi connectivity index (χ2v) is 10.5. The van der Waals surface area contributed by atoms with Gasteiger partial charge in [-0.15, -0.1) is 0 Å². The Bertz CT molecular complexity index is 1070. The van der Waals surface area contributed by atoms with Gasteiger partial charge in [0.05, 0.1) is 5.70 Å². The second kappa shape index (κ2) is 11.6. The highest BCUT2D eigenvalue weighted by atomic mass is 35.5. The second-order valence-electron chi connectivity index (χ2n) is 9.97. The first-order valence-corrected chi connectivity index (χ1v) is 13.2. The van der Waals surface area contributed by atoms with Crippen molar-refractivity contribution in [2.75, 3.05) is 19.8 Å². The van der Waals surface area contributed by atoms with Gasteiger partial charge in [0.15, 0.2) is 0 Å². The number of carbonyl (C=O) groups excluding carboxylic acids is 2. The predicted molar refractivity (Wildman–Crippen MR) is 143 cm³/mol. The highest BCUT2D eigenvalue weighted by Gasteiger charge is 2.34. The molecular weight excluding hydrogens is 478 g/mol. The van der Waals surface area contributed by atoms with Crippen molar-refractivity contribution in [2.45, 2.75) is 77.5 Å². The molecule has 4 rings (SSSR count). The number of amides is 2. The van der Waals surface area contributed by atoms with Crippen LogP contribution in [-0.2, 0) is 16.1 Å². The van der Waals surface area contributed by atoms with Gasteiger partial charge in [0.25, 0.3) is 5.91 Å². The molecule has 2 fully saturated rings. The number of likely N-dealkylation sites (tertiary alicyclic amines) is 1. The lowest BCUT2D eigenvalue weighted by Gasteiger charge is -2.39. The molecule has 0 radical (unpaired) electrons. The maximum absolute atomic E-state index is 13.3. The lowest BCUT2D eigenvalue weighted by Crippen LogP contribution is -2.51. The quantitative estimate of drug-likeness (QED) is 0.472. The molecule has 3 heterocycles. The van der Waals surface area contributed by atoms with Gasteiger partial charge in [0.2, 0.25) is 11.9 Å². The van der Waals surface area contributed by atoms with E-state index in [2.05, 4.69) is 35.9 Å². The van der Waals surface area contributed by atoms with Gasteiger partial charge in [-0.1, -0.05) is 23.7 Å². The number of carbonyl (C=O) groups is 2. The number of ether oxygens (including phenoxy) is 1. The fourth-order valence-corrected chi connectivity index (χ4v) is 5.53. The number of allylic oxidation sites excluding steroid dienone is 1. The zero-order chi connectivity index (χ0) is 25.8. The molecule has 0 unspecified atom stereocenters. The first-order valence-electron chi connectivity index (χ1n) is 12.8. The number of benzene rings is 1. The van der Waals surface area contributed by atoms with Crippen LogP contribution in [0.3, 0.4) is 0 Å². The minimum atomic E-state index is -0.143. The summed E-state index contributed by atoms with van der Waals surface area (Å²) < 4.78 is 5.42. The normalized spacial score (nSPS) is 23.9. The van der Waals surface area contributed by atoms with Crippen LogP contribution >= 0.6 is 11.6 Å². The van der Waals surface area contributed by atoms with Crippen LogP contribution in [0.5, 0.6) is 0 Å². The highest BCUT2D eigenvalue weighted by Crippen LogP contribution is 2.30. The monoisotopic (exact) mass is 513 g/mol. The highest BCUT2D eigenvalue weighted by molar-refractivity contribution is 6.32. The van der Waals surface area contributed by atoms with E-state index in [-0.39, 0.29) is 36.5 Å². The average molecular weight is 514 g/mol. The van der Waals surface area contributed by atoms with E-state index in [0.717, 1.165) is 43.2 Å². The average Bonchev–Trinajstić information content (AvgIpc) is 3.16. The van der Waals surface area contributed by atoms with Crippen molar-refractivity contribution >= 4 is 41.8 Å². The molecule has 0 spiro atoms. The molecule has 0 aliphatic carbocycles. The number of guanidine groups is 1. The standard InChI is InChI=1S/C27H36ClN5O3/c1-17-6-5-7-18(2)33(17)24(34)16-32-15-21-9-8-20(14-23(21)26(32)35)25(19(3)28)31-27(29-4)30-22-10-12-36-13-11-22/h8-9,14,17-18,22H,4-7,10-13,15-16H2,1-3H3,(H,30,31)/b25-19+/t17-,18+. The van der Waals surface area contributed by atoms with E-state index in [1.165, 1.54) is 0 Å². The van der Waals surface area contributed by atoms with Crippen molar-refractivity contribution < 1.29 is 14.3 Å². The van der Waals surface area contributed by atoms with Gasteiger partial charge in [0, 0.05) is 54.0 Å². The number of nitrogens with zero attached hydrogens (tertiary/aromatic N) is 4. The summed E-state index contributed by atoms with van der Waals surface area (Å²) in [5.74, 6) is 0.259. The van der Waals surface area contributed by atoms with Crippen LogP contribution in [0.25, 0.3) is 5.70 Å². The summed E-state index contributed by atoms with van der Waals surface area (Å²) in [5, 5.41) is 3.80. The van der Waals surface area contributed by atoms with Crippen LogP contribution in [0.1, 0.15) is 74.4 Å². The molecule has 0 bridgehead atoms. The van der Waals surface area contributed by atoms with E-state index >= 15 is 0 Å². The number of halogens is 1. The molecule has 2 saturated heterocycles. The summed E-state index contributed by atoms with van der Waals surface area (Å²) in [6, 6.07) is 6.25. The largest absolute Gasteiger partial charge is 0.381 e. The Labute approximate surface area is 218 Å². The van der Waals surface area contributed by atoms with E-state index in [1.54, 1.807) is 11.8 Å². The number of fused-ring (bicyclic) bond motifs is 1. The van der Waals surface area contributed by atoms with E-state index < -0.39 is 0 Å². The molecule has 0 saturated carbocycles. The van der Waals surface area contributed by atoms with Crippen LogP contribution in [0.15, 0.2) is 33.2 Å². The van der Waals surface area contributed by atoms with Crippen molar-refractivity contribution in [1.82, 2.24) is 15.1 Å². The van der Waals surface area contributed by atoms with Crippen LogP contribution in [0.2, 0.25) is 0 Å².